The zero-order chi connectivity index (χ0) is 20.1. The van der Waals surface area contributed by atoms with Gasteiger partial charge in [0.25, 0.3) is 0 Å². The Labute approximate surface area is 166 Å². The summed E-state index contributed by atoms with van der Waals surface area (Å²) < 4.78 is 0. The molecular formula is C20H32BN3O4. The Bertz CT molecular complexity index is 669. The number of hydrogen-bond acceptors (Lipinski definition) is 6. The first-order chi connectivity index (χ1) is 13.4. The summed E-state index contributed by atoms with van der Waals surface area (Å²) in [6, 6.07) is 9.21. The van der Waals surface area contributed by atoms with E-state index >= 15 is 0 Å². The molecule has 7 N–H and O–H groups in total. The van der Waals surface area contributed by atoms with Crippen molar-refractivity contribution in [3.63, 3.8) is 0 Å². The largest absolute Gasteiger partial charge is 0.480 e. The standard InChI is InChI=1S/C20H32BN3O4/c22-20(19(25)26,7-3-4-8-21(27)28)16-10-17(11-16)24-13-18-9-14-5-1-2-6-15(14)12-23-18/h1-2,5-6,16-18,23-24,27-28H,3-4,7-13,22H2,(H,25,26)/t16?,17?,18-,20?/m0/s1. The molecule has 7 nitrogen and oxygen atoms in total. The van der Waals surface area contributed by atoms with Crippen LogP contribution in [0.4, 0.5) is 0 Å². The molecule has 0 radical (unpaired) electrons. The molecule has 1 aliphatic carbocycles. The fourth-order valence-corrected chi connectivity index (χ4v) is 4.41. The van der Waals surface area contributed by atoms with E-state index in [1.165, 1.54) is 11.1 Å². The maximum absolute atomic E-state index is 11.8. The lowest BCUT2D eigenvalue weighted by Crippen LogP contribution is -2.61. The topological polar surface area (TPSA) is 128 Å². The zero-order valence-electron chi connectivity index (χ0n) is 16.3. The minimum Gasteiger partial charge on any atom is -0.480 e. The molecule has 1 aromatic rings. The van der Waals surface area contributed by atoms with Crippen molar-refractivity contribution in [2.75, 3.05) is 6.54 Å². The minimum absolute atomic E-state index is 0.0402. The van der Waals surface area contributed by atoms with E-state index in [9.17, 15) is 9.90 Å². The van der Waals surface area contributed by atoms with E-state index in [2.05, 4.69) is 34.9 Å². The Balaban J connectivity index is 1.41. The van der Waals surface area contributed by atoms with E-state index < -0.39 is 18.6 Å². The Morgan fingerprint density at radius 3 is 2.64 bits per heavy atom. The second-order valence-electron chi connectivity index (χ2n) is 8.40. The van der Waals surface area contributed by atoms with Crippen molar-refractivity contribution in [2.45, 2.75) is 69.0 Å². The highest BCUT2D eigenvalue weighted by molar-refractivity contribution is 6.40. The minimum atomic E-state index is -1.34. The first-order valence-corrected chi connectivity index (χ1v) is 10.3. The summed E-state index contributed by atoms with van der Waals surface area (Å²) in [5.41, 5.74) is 7.80. The van der Waals surface area contributed by atoms with Crippen LogP contribution in [0.15, 0.2) is 24.3 Å². The second-order valence-corrected chi connectivity index (χ2v) is 8.40. The van der Waals surface area contributed by atoms with Crippen LogP contribution in [0.3, 0.4) is 0 Å². The van der Waals surface area contributed by atoms with E-state index in [0.29, 0.717) is 31.3 Å². The van der Waals surface area contributed by atoms with E-state index in [1.807, 2.05) is 0 Å². The van der Waals surface area contributed by atoms with Gasteiger partial charge in [0.05, 0.1) is 0 Å². The fraction of sp³-hybridized carbons (Fsp3) is 0.650. The van der Waals surface area contributed by atoms with Gasteiger partial charge in [-0.2, -0.15) is 0 Å². The van der Waals surface area contributed by atoms with Crippen molar-refractivity contribution < 1.29 is 19.9 Å². The van der Waals surface area contributed by atoms with Crippen LogP contribution in [0.5, 0.6) is 0 Å². The highest BCUT2D eigenvalue weighted by Crippen LogP contribution is 2.38. The molecule has 0 amide bonds. The summed E-state index contributed by atoms with van der Waals surface area (Å²) in [6.45, 7) is 1.76. The number of rotatable bonds is 10. The van der Waals surface area contributed by atoms with Crippen LogP contribution in [0, 0.1) is 5.92 Å². The van der Waals surface area contributed by atoms with Crippen molar-refractivity contribution in [3.05, 3.63) is 35.4 Å². The number of fused-ring (bicyclic) bond motifs is 1. The van der Waals surface area contributed by atoms with Gasteiger partial charge in [-0.05, 0) is 49.0 Å². The van der Waals surface area contributed by atoms with Gasteiger partial charge in [0.1, 0.15) is 5.54 Å². The number of benzene rings is 1. The number of nitrogens with one attached hydrogen (secondary N) is 2. The molecule has 2 aliphatic rings. The molecule has 1 aromatic carbocycles. The van der Waals surface area contributed by atoms with Crippen molar-refractivity contribution in [1.29, 1.82) is 0 Å². The number of carbonyl (C=O) groups is 1. The zero-order valence-corrected chi connectivity index (χ0v) is 16.3. The molecule has 1 heterocycles. The van der Waals surface area contributed by atoms with Crippen molar-refractivity contribution in [1.82, 2.24) is 10.6 Å². The second kappa shape index (κ2) is 9.37. The molecule has 1 saturated carbocycles. The molecule has 0 spiro atoms. The molecule has 0 bridgehead atoms. The molecule has 2 atom stereocenters. The molecule has 1 fully saturated rings. The van der Waals surface area contributed by atoms with Crippen molar-refractivity contribution in [3.8, 4) is 0 Å². The molecule has 8 heteroatoms. The third-order valence-corrected chi connectivity index (χ3v) is 6.39. The van der Waals surface area contributed by atoms with E-state index in [4.69, 9.17) is 15.8 Å². The predicted molar refractivity (Wildman–Crippen MR) is 109 cm³/mol. The van der Waals surface area contributed by atoms with E-state index in [-0.39, 0.29) is 12.2 Å². The van der Waals surface area contributed by atoms with Crippen LogP contribution in [-0.2, 0) is 17.8 Å². The SMILES string of the molecule is NC(CCCCB(O)O)(C(=O)O)C1CC(NC[C@@H]2Cc3ccccc3CN2)C1. The van der Waals surface area contributed by atoms with Gasteiger partial charge in [0, 0.05) is 25.2 Å². The van der Waals surface area contributed by atoms with Gasteiger partial charge in [0.2, 0.25) is 0 Å². The normalized spacial score (nSPS) is 26.0. The van der Waals surface area contributed by atoms with E-state index in [1.54, 1.807) is 0 Å². The van der Waals surface area contributed by atoms with Gasteiger partial charge in [-0.1, -0.05) is 37.1 Å². The van der Waals surface area contributed by atoms with Gasteiger partial charge in [-0.25, -0.2) is 0 Å². The average molecular weight is 389 g/mol. The van der Waals surface area contributed by atoms with Gasteiger partial charge in [0.15, 0.2) is 0 Å². The van der Waals surface area contributed by atoms with Crippen molar-refractivity contribution >= 4 is 13.1 Å². The van der Waals surface area contributed by atoms with Gasteiger partial charge < -0.3 is 31.5 Å². The van der Waals surface area contributed by atoms with Crippen LogP contribution in [0.1, 0.15) is 43.2 Å². The molecular weight excluding hydrogens is 357 g/mol. The first kappa shape index (κ1) is 21.3. The van der Waals surface area contributed by atoms with Gasteiger partial charge >= 0.3 is 13.1 Å². The average Bonchev–Trinajstić information content (AvgIpc) is 2.63. The van der Waals surface area contributed by atoms with Crippen LogP contribution < -0.4 is 16.4 Å². The Morgan fingerprint density at radius 1 is 1.25 bits per heavy atom. The number of carboxylic acid groups (broad SMARTS) is 1. The summed E-state index contributed by atoms with van der Waals surface area (Å²) >= 11 is 0. The summed E-state index contributed by atoms with van der Waals surface area (Å²) in [5, 5.41) is 34.6. The highest BCUT2D eigenvalue weighted by Gasteiger charge is 2.48. The molecule has 0 aromatic heterocycles. The first-order valence-electron chi connectivity index (χ1n) is 10.3. The Morgan fingerprint density at radius 2 is 1.96 bits per heavy atom. The third-order valence-electron chi connectivity index (χ3n) is 6.39. The third kappa shape index (κ3) is 5.13. The summed E-state index contributed by atoms with van der Waals surface area (Å²) in [5.74, 6) is -0.993. The van der Waals surface area contributed by atoms with Crippen LogP contribution in [0.25, 0.3) is 0 Å². The van der Waals surface area contributed by atoms with Gasteiger partial charge in [-0.3, -0.25) is 4.79 Å². The lowest BCUT2D eigenvalue weighted by atomic mass is 9.66. The van der Waals surface area contributed by atoms with E-state index in [0.717, 1.165) is 32.4 Å². The maximum atomic E-state index is 11.8. The van der Waals surface area contributed by atoms with Gasteiger partial charge in [-0.15, -0.1) is 0 Å². The molecule has 154 valence electrons. The number of unbranched alkanes of at least 4 members (excludes halogenated alkanes) is 1. The predicted octanol–water partition coefficient (Wildman–Crippen LogP) is 0.494. The van der Waals surface area contributed by atoms with Crippen LogP contribution in [-0.4, -0.2) is 52.4 Å². The molecule has 3 rings (SSSR count). The quantitative estimate of drug-likeness (QED) is 0.254. The monoisotopic (exact) mass is 389 g/mol. The smallest absolute Gasteiger partial charge is 0.451 e. The number of hydrogen-bond donors (Lipinski definition) is 6. The van der Waals surface area contributed by atoms with Crippen LogP contribution >= 0.6 is 0 Å². The number of carboxylic acids is 1. The lowest BCUT2D eigenvalue weighted by Gasteiger charge is -2.45. The fourth-order valence-electron chi connectivity index (χ4n) is 4.41. The molecule has 28 heavy (non-hydrogen) atoms. The Hall–Kier alpha value is -1.45. The van der Waals surface area contributed by atoms with Crippen molar-refractivity contribution in [2.24, 2.45) is 11.7 Å². The van der Waals surface area contributed by atoms with Crippen LogP contribution in [0.2, 0.25) is 6.32 Å². The summed E-state index contributed by atoms with van der Waals surface area (Å²) in [6.07, 6.45) is 4.32. The number of aliphatic carboxylic acids is 1. The molecule has 0 saturated heterocycles. The summed E-state index contributed by atoms with van der Waals surface area (Å²) in [7, 11) is -1.34. The number of nitrogens with two attached hydrogens (primary N) is 1. The lowest BCUT2D eigenvalue weighted by molar-refractivity contribution is -0.148. The molecule has 1 aliphatic heterocycles. The molecule has 1 unspecified atom stereocenters. The Kier molecular flexibility index (Phi) is 7.12. The maximum Gasteiger partial charge on any atom is 0.451 e. The highest BCUT2D eigenvalue weighted by atomic mass is 16.4. The summed E-state index contributed by atoms with van der Waals surface area (Å²) in [4.78, 5) is 11.8.